The van der Waals surface area contributed by atoms with E-state index in [-0.39, 0.29) is 0 Å². The number of pyridine rings is 1. The van der Waals surface area contributed by atoms with Gasteiger partial charge in [-0.1, -0.05) is 18.2 Å². The Morgan fingerprint density at radius 3 is 2.68 bits per heavy atom. The summed E-state index contributed by atoms with van der Waals surface area (Å²) >= 11 is 2.15. The third-order valence-corrected chi connectivity index (χ3v) is 3.17. The van der Waals surface area contributed by atoms with Crippen molar-refractivity contribution in [1.29, 1.82) is 0 Å². The number of aromatic nitrogens is 1. The zero-order valence-corrected chi connectivity index (χ0v) is 13.2. The molecule has 19 heavy (non-hydrogen) atoms. The van der Waals surface area contributed by atoms with Crippen molar-refractivity contribution in [3.63, 3.8) is 0 Å². The normalized spacial score (nSPS) is 11.4. The highest BCUT2D eigenvalue weighted by atomic mass is 127. The molecule has 0 fully saturated rings. The SMILES string of the molecule is CC(C)(C)OC(=O)Nc1c(I)cnc2ccccc12. The van der Waals surface area contributed by atoms with Crippen LogP contribution in [0.15, 0.2) is 30.5 Å². The van der Waals surface area contributed by atoms with Gasteiger partial charge in [-0.05, 0) is 49.4 Å². The van der Waals surface area contributed by atoms with Crippen LogP contribution in [0.5, 0.6) is 0 Å². The Kier molecular flexibility index (Phi) is 3.93. The number of hydrogen-bond donors (Lipinski definition) is 1. The average molecular weight is 370 g/mol. The molecule has 1 N–H and O–H groups in total. The summed E-state index contributed by atoms with van der Waals surface area (Å²) in [6, 6.07) is 7.67. The second-order valence-corrected chi connectivity index (χ2v) is 6.29. The van der Waals surface area contributed by atoms with Crippen LogP contribution in [-0.2, 0) is 4.74 Å². The molecule has 5 heteroatoms. The molecule has 1 heterocycles. The summed E-state index contributed by atoms with van der Waals surface area (Å²) in [4.78, 5) is 16.2. The van der Waals surface area contributed by atoms with E-state index < -0.39 is 11.7 Å². The number of ether oxygens (including phenoxy) is 1. The Bertz CT molecular complexity index is 620. The third-order valence-electron chi connectivity index (χ3n) is 2.36. The molecule has 0 aliphatic carbocycles. The highest BCUT2D eigenvalue weighted by molar-refractivity contribution is 14.1. The molecule has 0 bridgehead atoms. The number of carbonyl (C=O) groups is 1. The van der Waals surface area contributed by atoms with Gasteiger partial charge in [-0.15, -0.1) is 0 Å². The van der Waals surface area contributed by atoms with E-state index in [1.807, 2.05) is 45.0 Å². The van der Waals surface area contributed by atoms with Crippen molar-refractivity contribution in [3.05, 3.63) is 34.0 Å². The molecule has 1 aromatic heterocycles. The lowest BCUT2D eigenvalue weighted by Gasteiger charge is -2.20. The van der Waals surface area contributed by atoms with Crippen LogP contribution in [0.1, 0.15) is 20.8 Å². The van der Waals surface area contributed by atoms with Gasteiger partial charge in [0.2, 0.25) is 0 Å². The number of amides is 1. The molecule has 0 saturated heterocycles. The minimum atomic E-state index is -0.516. The van der Waals surface area contributed by atoms with Crippen LogP contribution in [0.3, 0.4) is 0 Å². The Balaban J connectivity index is 2.34. The fraction of sp³-hybridized carbons (Fsp3) is 0.286. The maximum absolute atomic E-state index is 11.9. The van der Waals surface area contributed by atoms with E-state index in [4.69, 9.17) is 4.74 Å². The van der Waals surface area contributed by atoms with E-state index >= 15 is 0 Å². The molecular weight excluding hydrogens is 355 g/mol. The zero-order valence-electron chi connectivity index (χ0n) is 11.0. The number of para-hydroxylation sites is 1. The van der Waals surface area contributed by atoms with Crippen molar-refractivity contribution < 1.29 is 9.53 Å². The summed E-state index contributed by atoms with van der Waals surface area (Å²) in [5, 5.41) is 3.70. The summed E-state index contributed by atoms with van der Waals surface area (Å²) in [5.74, 6) is 0. The smallest absolute Gasteiger partial charge is 0.412 e. The Morgan fingerprint density at radius 2 is 2.00 bits per heavy atom. The molecule has 0 radical (unpaired) electrons. The quantitative estimate of drug-likeness (QED) is 0.766. The fourth-order valence-electron chi connectivity index (χ4n) is 1.65. The first-order valence-electron chi connectivity index (χ1n) is 5.90. The number of fused-ring (bicyclic) bond motifs is 1. The molecule has 1 amide bonds. The zero-order chi connectivity index (χ0) is 14.0. The van der Waals surface area contributed by atoms with Gasteiger partial charge in [0.25, 0.3) is 0 Å². The predicted molar refractivity (Wildman–Crippen MR) is 84.3 cm³/mol. The van der Waals surface area contributed by atoms with Gasteiger partial charge in [0.05, 0.1) is 14.8 Å². The monoisotopic (exact) mass is 370 g/mol. The fourth-order valence-corrected chi connectivity index (χ4v) is 2.21. The number of halogens is 1. The van der Waals surface area contributed by atoms with Crippen LogP contribution in [0.25, 0.3) is 10.9 Å². The number of anilines is 1. The van der Waals surface area contributed by atoms with Crippen LogP contribution < -0.4 is 5.32 Å². The van der Waals surface area contributed by atoms with E-state index in [2.05, 4.69) is 32.9 Å². The molecule has 100 valence electrons. The van der Waals surface area contributed by atoms with Gasteiger partial charge in [-0.3, -0.25) is 10.3 Å². The number of carbonyl (C=O) groups excluding carboxylic acids is 1. The Labute approximate surface area is 125 Å². The number of benzene rings is 1. The van der Waals surface area contributed by atoms with Gasteiger partial charge < -0.3 is 4.74 Å². The van der Waals surface area contributed by atoms with Gasteiger partial charge in [0, 0.05) is 11.6 Å². The van der Waals surface area contributed by atoms with Crippen LogP contribution >= 0.6 is 22.6 Å². The second kappa shape index (κ2) is 5.32. The van der Waals surface area contributed by atoms with Gasteiger partial charge in [-0.25, -0.2) is 4.79 Å². The van der Waals surface area contributed by atoms with Gasteiger partial charge >= 0.3 is 6.09 Å². The first-order chi connectivity index (χ1) is 8.87. The molecule has 0 aliphatic heterocycles. The maximum Gasteiger partial charge on any atom is 0.412 e. The minimum Gasteiger partial charge on any atom is -0.444 e. The van der Waals surface area contributed by atoms with Crippen molar-refractivity contribution in [3.8, 4) is 0 Å². The van der Waals surface area contributed by atoms with Crippen molar-refractivity contribution in [1.82, 2.24) is 4.98 Å². The van der Waals surface area contributed by atoms with Crippen LogP contribution in [0.4, 0.5) is 10.5 Å². The number of rotatable bonds is 1. The lowest BCUT2D eigenvalue weighted by molar-refractivity contribution is 0.0636. The van der Waals surface area contributed by atoms with E-state index in [0.29, 0.717) is 0 Å². The molecule has 0 aliphatic rings. The largest absolute Gasteiger partial charge is 0.444 e. The maximum atomic E-state index is 11.9. The Morgan fingerprint density at radius 1 is 1.32 bits per heavy atom. The molecule has 0 spiro atoms. The summed E-state index contributed by atoms with van der Waals surface area (Å²) in [6.45, 7) is 5.51. The number of nitrogens with zero attached hydrogens (tertiary/aromatic N) is 1. The van der Waals surface area contributed by atoms with Crippen molar-refractivity contribution in [2.75, 3.05) is 5.32 Å². The molecule has 0 unspecified atom stereocenters. The Hall–Kier alpha value is -1.37. The number of hydrogen-bond acceptors (Lipinski definition) is 3. The van der Waals surface area contributed by atoms with Crippen LogP contribution in [0, 0.1) is 3.57 Å². The third kappa shape index (κ3) is 3.56. The lowest BCUT2D eigenvalue weighted by Crippen LogP contribution is -2.27. The summed E-state index contributed by atoms with van der Waals surface area (Å²) in [5.41, 5.74) is 1.06. The molecule has 0 atom stereocenters. The predicted octanol–water partition coefficient (Wildman–Crippen LogP) is 4.19. The highest BCUT2D eigenvalue weighted by Crippen LogP contribution is 2.27. The summed E-state index contributed by atoms with van der Waals surface area (Å²) in [6.07, 6.45) is 1.28. The van der Waals surface area contributed by atoms with Gasteiger partial charge in [0.1, 0.15) is 5.60 Å². The van der Waals surface area contributed by atoms with Gasteiger partial charge in [-0.2, -0.15) is 0 Å². The van der Waals surface area contributed by atoms with E-state index in [1.165, 1.54) is 0 Å². The molecule has 2 rings (SSSR count). The van der Waals surface area contributed by atoms with Crippen molar-refractivity contribution in [2.24, 2.45) is 0 Å². The van der Waals surface area contributed by atoms with Crippen LogP contribution in [-0.4, -0.2) is 16.7 Å². The standard InChI is InChI=1S/C14H15IN2O2/c1-14(2,3)19-13(18)17-12-9-6-4-5-7-11(9)16-8-10(12)15/h4-8H,1-3H3,(H,16,17,18). The molecule has 1 aromatic carbocycles. The van der Waals surface area contributed by atoms with E-state index in [9.17, 15) is 4.79 Å². The van der Waals surface area contributed by atoms with E-state index in [1.54, 1.807) is 6.20 Å². The summed E-state index contributed by atoms with van der Waals surface area (Å²) in [7, 11) is 0. The molecule has 0 saturated carbocycles. The topological polar surface area (TPSA) is 51.2 Å². The summed E-state index contributed by atoms with van der Waals surface area (Å²) < 4.78 is 6.15. The van der Waals surface area contributed by atoms with Crippen molar-refractivity contribution in [2.45, 2.75) is 26.4 Å². The van der Waals surface area contributed by atoms with Crippen molar-refractivity contribution >= 4 is 45.3 Å². The lowest BCUT2D eigenvalue weighted by atomic mass is 10.2. The minimum absolute atomic E-state index is 0.457. The second-order valence-electron chi connectivity index (χ2n) is 5.13. The highest BCUT2D eigenvalue weighted by Gasteiger charge is 2.18. The molecular formula is C14H15IN2O2. The molecule has 2 aromatic rings. The first kappa shape index (κ1) is 14.0. The first-order valence-corrected chi connectivity index (χ1v) is 6.98. The van der Waals surface area contributed by atoms with Gasteiger partial charge in [0.15, 0.2) is 0 Å². The number of nitrogens with one attached hydrogen (secondary N) is 1. The molecule has 4 nitrogen and oxygen atoms in total. The van der Waals surface area contributed by atoms with E-state index in [0.717, 1.165) is 20.2 Å². The van der Waals surface area contributed by atoms with Crippen LogP contribution in [0.2, 0.25) is 0 Å². The average Bonchev–Trinajstić information content (AvgIpc) is 2.31.